The first kappa shape index (κ1) is 24.5. The molecule has 0 spiro atoms. The molecule has 0 unspecified atom stereocenters. The molecule has 0 aromatic heterocycles. The molecule has 1 amide bonds. The summed E-state index contributed by atoms with van der Waals surface area (Å²) in [6.45, 7) is 4.65. The van der Waals surface area contributed by atoms with Gasteiger partial charge in [-0.05, 0) is 12.5 Å². The zero-order chi connectivity index (χ0) is 22.8. The highest BCUT2D eigenvalue weighted by Crippen LogP contribution is 2.34. The second-order valence-corrected chi connectivity index (χ2v) is 10.5. The summed E-state index contributed by atoms with van der Waals surface area (Å²) in [6, 6.07) is 2.40. The number of hydrogen-bond donors (Lipinski definition) is 0. The Morgan fingerprint density at radius 3 is 2.52 bits per heavy atom. The van der Waals surface area contributed by atoms with Gasteiger partial charge in [0, 0.05) is 50.7 Å². The average Bonchev–Trinajstić information content (AvgIpc) is 3.14. The molecule has 2 heterocycles. The van der Waals surface area contributed by atoms with Gasteiger partial charge in [0.15, 0.2) is 6.61 Å². The van der Waals surface area contributed by atoms with Crippen LogP contribution in [-0.4, -0.2) is 86.5 Å². The first-order valence-corrected chi connectivity index (χ1v) is 12.3. The molecule has 1 aromatic carbocycles. The number of rotatable bonds is 7. The molecule has 0 radical (unpaired) electrons. The second kappa shape index (κ2) is 10.2. The van der Waals surface area contributed by atoms with Gasteiger partial charge in [-0.25, -0.2) is 12.8 Å². The van der Waals surface area contributed by atoms with Gasteiger partial charge < -0.3 is 9.64 Å². The summed E-state index contributed by atoms with van der Waals surface area (Å²) >= 11 is 18.0. The van der Waals surface area contributed by atoms with Crippen molar-refractivity contribution in [2.45, 2.75) is 18.6 Å². The highest BCUT2D eigenvalue weighted by molar-refractivity contribution is 7.92. The van der Waals surface area contributed by atoms with Crippen molar-refractivity contribution in [3.8, 4) is 5.75 Å². The number of hydrogen-bond acceptors (Lipinski definition) is 5. The lowest BCUT2D eigenvalue weighted by Crippen LogP contribution is -2.60. The minimum absolute atomic E-state index is 0.0983. The zero-order valence-corrected chi connectivity index (χ0v) is 19.7. The summed E-state index contributed by atoms with van der Waals surface area (Å²) in [7, 11) is -3.63. The number of ether oxygens (including phenoxy) is 1. The summed E-state index contributed by atoms with van der Waals surface area (Å²) in [5, 5.41) is 1.61. The summed E-state index contributed by atoms with van der Waals surface area (Å²) in [6.07, 6.45) is -0.491. The van der Waals surface area contributed by atoms with Gasteiger partial charge in [-0.15, -0.1) is 0 Å². The summed E-state index contributed by atoms with van der Waals surface area (Å²) in [4.78, 5) is 16.4. The van der Waals surface area contributed by atoms with Crippen LogP contribution in [0.15, 0.2) is 24.1 Å². The van der Waals surface area contributed by atoms with Crippen molar-refractivity contribution in [1.29, 1.82) is 0 Å². The third-order valence-corrected chi connectivity index (χ3v) is 7.84. The van der Waals surface area contributed by atoms with E-state index in [9.17, 15) is 17.6 Å². The lowest BCUT2D eigenvalue weighted by Gasteiger charge is -2.41. The fourth-order valence-corrected chi connectivity index (χ4v) is 5.25. The molecule has 3 rings (SSSR count). The van der Waals surface area contributed by atoms with E-state index < -0.39 is 22.2 Å². The fourth-order valence-electron chi connectivity index (χ4n) is 3.73. The van der Waals surface area contributed by atoms with E-state index in [1.807, 2.05) is 4.90 Å². The van der Waals surface area contributed by atoms with E-state index in [0.717, 1.165) is 5.41 Å². The Kier molecular flexibility index (Phi) is 8.10. The van der Waals surface area contributed by atoms with Crippen molar-refractivity contribution in [2.24, 2.45) is 0 Å². The number of halogens is 4. The van der Waals surface area contributed by atoms with Gasteiger partial charge in [-0.3, -0.25) is 9.69 Å². The van der Waals surface area contributed by atoms with Crippen LogP contribution in [0.4, 0.5) is 4.39 Å². The Bertz CT molecular complexity index is 950. The molecule has 172 valence electrons. The zero-order valence-electron chi connectivity index (χ0n) is 16.6. The van der Waals surface area contributed by atoms with E-state index >= 15 is 0 Å². The molecule has 2 fully saturated rings. The van der Waals surface area contributed by atoms with E-state index in [1.165, 1.54) is 16.4 Å². The number of alkyl halides is 1. The molecule has 2 aliphatic rings. The first-order chi connectivity index (χ1) is 14.6. The summed E-state index contributed by atoms with van der Waals surface area (Å²) < 4.78 is 44.9. The highest BCUT2D eigenvalue weighted by atomic mass is 35.5. The molecule has 12 heteroatoms. The standard InChI is InChI=1S/C19H23Cl3FN3O4S/c1-2-31(28,29)25-5-6-26(14(11-25)10-24-4-3-13(23)9-24)19(27)12-30-18-8-16(21)15(20)7-17(18)22/h2,7-8,13-14H,1,3-6,9-12H2/t13-,14-/m0/s1. The summed E-state index contributed by atoms with van der Waals surface area (Å²) in [5.41, 5.74) is 0. The molecular weight excluding hydrogens is 492 g/mol. The van der Waals surface area contributed by atoms with Crippen molar-refractivity contribution >= 4 is 50.7 Å². The smallest absolute Gasteiger partial charge is 0.260 e. The maximum absolute atomic E-state index is 13.6. The maximum Gasteiger partial charge on any atom is 0.260 e. The molecule has 1 aromatic rings. The van der Waals surface area contributed by atoms with Crippen LogP contribution < -0.4 is 4.74 Å². The minimum atomic E-state index is -3.63. The Morgan fingerprint density at radius 1 is 1.16 bits per heavy atom. The van der Waals surface area contributed by atoms with Crippen molar-refractivity contribution in [3.63, 3.8) is 0 Å². The quantitative estimate of drug-likeness (QED) is 0.523. The number of carbonyl (C=O) groups is 1. The monoisotopic (exact) mass is 513 g/mol. The number of benzene rings is 1. The van der Waals surface area contributed by atoms with Crippen LogP contribution in [0.3, 0.4) is 0 Å². The third-order valence-electron chi connectivity index (χ3n) is 5.35. The summed E-state index contributed by atoms with van der Waals surface area (Å²) in [5.74, 6) is -0.118. The van der Waals surface area contributed by atoms with Crippen LogP contribution in [0, 0.1) is 0 Å². The van der Waals surface area contributed by atoms with Crippen molar-refractivity contribution in [2.75, 3.05) is 45.9 Å². The van der Waals surface area contributed by atoms with E-state index in [4.69, 9.17) is 39.5 Å². The topological polar surface area (TPSA) is 70.2 Å². The predicted octanol–water partition coefficient (Wildman–Crippen LogP) is 3.06. The maximum atomic E-state index is 13.6. The van der Waals surface area contributed by atoms with Crippen LogP contribution in [0.25, 0.3) is 0 Å². The van der Waals surface area contributed by atoms with Gasteiger partial charge in [0.1, 0.15) is 11.9 Å². The highest BCUT2D eigenvalue weighted by Gasteiger charge is 2.37. The van der Waals surface area contributed by atoms with E-state index in [-0.39, 0.29) is 59.5 Å². The molecular formula is C19H23Cl3FN3O4S. The number of likely N-dealkylation sites (tertiary alicyclic amines) is 1. The molecule has 0 bridgehead atoms. The number of piperazine rings is 1. The molecule has 2 saturated heterocycles. The second-order valence-electron chi connectivity index (χ2n) is 7.44. The number of nitrogens with zero attached hydrogens (tertiary/aromatic N) is 3. The van der Waals surface area contributed by atoms with Crippen LogP contribution in [0.1, 0.15) is 6.42 Å². The largest absolute Gasteiger partial charge is 0.482 e. The van der Waals surface area contributed by atoms with Crippen LogP contribution in [0.5, 0.6) is 5.75 Å². The number of sulfonamides is 1. The van der Waals surface area contributed by atoms with Gasteiger partial charge in [0.2, 0.25) is 10.0 Å². The van der Waals surface area contributed by atoms with E-state index in [2.05, 4.69) is 6.58 Å². The van der Waals surface area contributed by atoms with Gasteiger partial charge >= 0.3 is 0 Å². The molecule has 2 aliphatic heterocycles. The van der Waals surface area contributed by atoms with Crippen LogP contribution in [-0.2, 0) is 14.8 Å². The molecule has 7 nitrogen and oxygen atoms in total. The first-order valence-electron chi connectivity index (χ1n) is 9.66. The van der Waals surface area contributed by atoms with E-state index in [1.54, 1.807) is 4.90 Å². The number of amides is 1. The van der Waals surface area contributed by atoms with Gasteiger partial charge in [-0.1, -0.05) is 41.4 Å². The van der Waals surface area contributed by atoms with Gasteiger partial charge in [-0.2, -0.15) is 4.31 Å². The number of carbonyl (C=O) groups excluding carboxylic acids is 1. The SMILES string of the molecule is C=CS(=O)(=O)N1CCN(C(=O)COc2cc(Cl)c(Cl)cc2Cl)[C@@H](CN2CC[C@H](F)C2)C1. The Hall–Kier alpha value is -1.10. The van der Waals surface area contributed by atoms with Crippen molar-refractivity contribution in [3.05, 3.63) is 39.2 Å². The van der Waals surface area contributed by atoms with Crippen LogP contribution in [0.2, 0.25) is 15.1 Å². The fraction of sp³-hybridized carbons (Fsp3) is 0.526. The molecule has 0 aliphatic carbocycles. The molecule has 0 N–H and O–H groups in total. The van der Waals surface area contributed by atoms with Crippen molar-refractivity contribution in [1.82, 2.24) is 14.1 Å². The van der Waals surface area contributed by atoms with Crippen LogP contribution >= 0.6 is 34.8 Å². The molecule has 2 atom stereocenters. The van der Waals surface area contributed by atoms with Gasteiger partial charge in [0.05, 0.1) is 21.1 Å². The Labute approximate surface area is 196 Å². The Balaban J connectivity index is 1.71. The Morgan fingerprint density at radius 2 is 1.87 bits per heavy atom. The molecule has 0 saturated carbocycles. The lowest BCUT2D eigenvalue weighted by molar-refractivity contribution is -0.138. The minimum Gasteiger partial charge on any atom is -0.482 e. The van der Waals surface area contributed by atoms with Gasteiger partial charge in [0.25, 0.3) is 5.91 Å². The predicted molar refractivity (Wildman–Crippen MR) is 119 cm³/mol. The average molecular weight is 515 g/mol. The molecule has 31 heavy (non-hydrogen) atoms. The van der Waals surface area contributed by atoms with E-state index in [0.29, 0.717) is 19.5 Å². The van der Waals surface area contributed by atoms with Crippen molar-refractivity contribution < 1.29 is 22.3 Å². The normalized spacial score (nSPS) is 23.2. The lowest BCUT2D eigenvalue weighted by atomic mass is 10.1. The third kappa shape index (κ3) is 6.03.